The second-order valence-corrected chi connectivity index (χ2v) is 7.83. The molecule has 1 aliphatic rings. The highest BCUT2D eigenvalue weighted by Gasteiger charge is 2.41. The molecule has 0 spiro atoms. The molecule has 0 aliphatic heterocycles. The quantitative estimate of drug-likeness (QED) is 0.609. The van der Waals surface area contributed by atoms with Gasteiger partial charge in [-0.25, -0.2) is 0 Å². The Bertz CT molecular complexity index is 1000. The second-order valence-electron chi connectivity index (χ2n) is 7.83. The summed E-state index contributed by atoms with van der Waals surface area (Å²) in [4.78, 5) is 13.7. The Morgan fingerprint density at radius 1 is 0.929 bits per heavy atom. The first kappa shape index (κ1) is 18.5. The highest BCUT2D eigenvalue weighted by molar-refractivity contribution is 6.07. The van der Waals surface area contributed by atoms with Crippen molar-refractivity contribution in [3.8, 4) is 5.75 Å². The van der Waals surface area contributed by atoms with Gasteiger partial charge in [0.15, 0.2) is 0 Å². The Kier molecular flexibility index (Phi) is 5.08. The number of methoxy groups -OCH3 is 1. The number of ether oxygens (including phenoxy) is 1. The molecule has 28 heavy (non-hydrogen) atoms. The van der Waals surface area contributed by atoms with Crippen molar-refractivity contribution in [2.75, 3.05) is 12.4 Å². The van der Waals surface area contributed by atoms with Crippen molar-refractivity contribution in [1.82, 2.24) is 0 Å². The molecule has 0 atom stereocenters. The zero-order valence-electron chi connectivity index (χ0n) is 16.6. The van der Waals surface area contributed by atoms with Gasteiger partial charge in [0, 0.05) is 16.5 Å². The number of rotatable bonds is 4. The molecule has 144 valence electrons. The van der Waals surface area contributed by atoms with Crippen LogP contribution in [-0.2, 0) is 10.2 Å². The number of hydrogen-bond acceptors (Lipinski definition) is 2. The highest BCUT2D eigenvalue weighted by atomic mass is 16.5. The number of nitrogens with one attached hydrogen (secondary N) is 1. The minimum absolute atomic E-state index is 0.105. The number of aryl methyl sites for hydroxylation is 1. The van der Waals surface area contributed by atoms with Crippen LogP contribution in [0.5, 0.6) is 5.75 Å². The van der Waals surface area contributed by atoms with E-state index in [2.05, 4.69) is 36.5 Å². The van der Waals surface area contributed by atoms with E-state index in [9.17, 15) is 4.79 Å². The molecule has 1 fully saturated rings. The SMILES string of the molecule is COc1ccc(NC(=O)C2(c3cccc(C)c3)CCCCC2)c2ccccc12. The Balaban J connectivity index is 1.74. The monoisotopic (exact) mass is 373 g/mol. The van der Waals surface area contributed by atoms with Crippen LogP contribution in [0.3, 0.4) is 0 Å². The Morgan fingerprint density at radius 3 is 2.39 bits per heavy atom. The number of benzene rings is 3. The summed E-state index contributed by atoms with van der Waals surface area (Å²) in [5.41, 5.74) is 2.73. The molecule has 1 aliphatic carbocycles. The van der Waals surface area contributed by atoms with Gasteiger partial charge in [0.05, 0.1) is 12.5 Å². The van der Waals surface area contributed by atoms with E-state index >= 15 is 0 Å². The van der Waals surface area contributed by atoms with E-state index in [1.807, 2.05) is 36.4 Å². The van der Waals surface area contributed by atoms with E-state index in [0.29, 0.717) is 0 Å². The van der Waals surface area contributed by atoms with Crippen molar-refractivity contribution in [3.63, 3.8) is 0 Å². The third kappa shape index (κ3) is 3.26. The lowest BCUT2D eigenvalue weighted by Crippen LogP contribution is -2.42. The molecule has 3 nitrogen and oxygen atoms in total. The fraction of sp³-hybridized carbons (Fsp3) is 0.320. The van der Waals surface area contributed by atoms with Gasteiger partial charge >= 0.3 is 0 Å². The predicted molar refractivity (Wildman–Crippen MR) is 115 cm³/mol. The second kappa shape index (κ2) is 7.67. The predicted octanol–water partition coefficient (Wildman–Crippen LogP) is 6.00. The zero-order chi connectivity index (χ0) is 19.6. The average molecular weight is 373 g/mol. The van der Waals surface area contributed by atoms with Crippen LogP contribution in [0.1, 0.15) is 43.2 Å². The van der Waals surface area contributed by atoms with Gasteiger partial charge in [-0.1, -0.05) is 73.4 Å². The summed E-state index contributed by atoms with van der Waals surface area (Å²) in [6.45, 7) is 2.09. The molecule has 0 bridgehead atoms. The van der Waals surface area contributed by atoms with Gasteiger partial charge in [0.1, 0.15) is 5.75 Å². The Morgan fingerprint density at radius 2 is 1.68 bits per heavy atom. The molecule has 3 aromatic carbocycles. The lowest BCUT2D eigenvalue weighted by molar-refractivity contribution is -0.122. The van der Waals surface area contributed by atoms with Crippen LogP contribution >= 0.6 is 0 Å². The van der Waals surface area contributed by atoms with Crippen LogP contribution in [0.4, 0.5) is 5.69 Å². The van der Waals surface area contributed by atoms with Gasteiger partial charge in [-0.3, -0.25) is 4.79 Å². The van der Waals surface area contributed by atoms with Crippen LogP contribution in [0.25, 0.3) is 10.8 Å². The normalized spacial score (nSPS) is 15.9. The molecule has 0 aromatic heterocycles. The van der Waals surface area contributed by atoms with Gasteiger partial charge in [-0.2, -0.15) is 0 Å². The van der Waals surface area contributed by atoms with Crippen LogP contribution in [-0.4, -0.2) is 13.0 Å². The van der Waals surface area contributed by atoms with Crippen molar-refractivity contribution in [1.29, 1.82) is 0 Å². The Hall–Kier alpha value is -2.81. The van der Waals surface area contributed by atoms with Crippen molar-refractivity contribution in [2.24, 2.45) is 0 Å². The molecule has 3 aromatic rings. The fourth-order valence-electron chi connectivity index (χ4n) is 4.55. The maximum atomic E-state index is 13.7. The zero-order valence-corrected chi connectivity index (χ0v) is 16.6. The molecule has 1 saturated carbocycles. The summed E-state index contributed by atoms with van der Waals surface area (Å²) in [6, 6.07) is 20.4. The number of amides is 1. The van der Waals surface area contributed by atoms with E-state index < -0.39 is 5.41 Å². The van der Waals surface area contributed by atoms with E-state index in [-0.39, 0.29) is 5.91 Å². The van der Waals surface area contributed by atoms with E-state index in [0.717, 1.165) is 53.5 Å². The largest absolute Gasteiger partial charge is 0.496 e. The van der Waals surface area contributed by atoms with E-state index in [4.69, 9.17) is 4.74 Å². The molecule has 0 heterocycles. The number of hydrogen-bond donors (Lipinski definition) is 1. The minimum atomic E-state index is -0.453. The van der Waals surface area contributed by atoms with Crippen LogP contribution in [0, 0.1) is 6.92 Å². The van der Waals surface area contributed by atoms with Gasteiger partial charge in [-0.05, 0) is 37.5 Å². The molecule has 1 amide bonds. The summed E-state index contributed by atoms with van der Waals surface area (Å²) in [5.74, 6) is 0.924. The summed E-state index contributed by atoms with van der Waals surface area (Å²) in [5, 5.41) is 5.29. The van der Waals surface area contributed by atoms with Gasteiger partial charge < -0.3 is 10.1 Å². The molecular weight excluding hydrogens is 346 g/mol. The number of anilines is 1. The highest BCUT2D eigenvalue weighted by Crippen LogP contribution is 2.41. The van der Waals surface area contributed by atoms with Crippen molar-refractivity contribution in [3.05, 3.63) is 71.8 Å². The molecule has 0 unspecified atom stereocenters. The molecule has 0 radical (unpaired) electrons. The fourth-order valence-corrected chi connectivity index (χ4v) is 4.55. The number of fused-ring (bicyclic) bond motifs is 1. The van der Waals surface area contributed by atoms with Gasteiger partial charge in [0.25, 0.3) is 0 Å². The lowest BCUT2D eigenvalue weighted by atomic mass is 9.68. The number of carbonyl (C=O) groups is 1. The average Bonchev–Trinajstić information content (AvgIpc) is 2.74. The topological polar surface area (TPSA) is 38.3 Å². The maximum absolute atomic E-state index is 13.7. The van der Waals surface area contributed by atoms with Crippen molar-refractivity contribution in [2.45, 2.75) is 44.4 Å². The van der Waals surface area contributed by atoms with Gasteiger partial charge in [-0.15, -0.1) is 0 Å². The first-order valence-corrected chi connectivity index (χ1v) is 10.1. The molecule has 0 saturated heterocycles. The molecular formula is C25H27NO2. The smallest absolute Gasteiger partial charge is 0.235 e. The van der Waals surface area contributed by atoms with Crippen LogP contribution < -0.4 is 10.1 Å². The lowest BCUT2D eigenvalue weighted by Gasteiger charge is -2.36. The Labute approximate surface area is 166 Å². The summed E-state index contributed by atoms with van der Waals surface area (Å²) in [7, 11) is 1.68. The van der Waals surface area contributed by atoms with Crippen LogP contribution in [0.2, 0.25) is 0 Å². The molecule has 1 N–H and O–H groups in total. The van der Waals surface area contributed by atoms with Gasteiger partial charge in [0.2, 0.25) is 5.91 Å². The van der Waals surface area contributed by atoms with Crippen molar-refractivity contribution < 1.29 is 9.53 Å². The van der Waals surface area contributed by atoms with E-state index in [1.165, 1.54) is 12.0 Å². The summed E-state index contributed by atoms with van der Waals surface area (Å²) >= 11 is 0. The third-order valence-electron chi connectivity index (χ3n) is 6.06. The summed E-state index contributed by atoms with van der Waals surface area (Å²) < 4.78 is 5.49. The third-order valence-corrected chi connectivity index (χ3v) is 6.06. The minimum Gasteiger partial charge on any atom is -0.496 e. The maximum Gasteiger partial charge on any atom is 0.235 e. The first-order chi connectivity index (χ1) is 13.6. The van der Waals surface area contributed by atoms with E-state index in [1.54, 1.807) is 7.11 Å². The number of carbonyl (C=O) groups excluding carboxylic acids is 1. The van der Waals surface area contributed by atoms with Crippen LogP contribution in [0.15, 0.2) is 60.7 Å². The standard InChI is InChI=1S/C25H27NO2/c1-18-9-8-10-19(17-18)25(15-6-3-7-16-25)24(27)26-22-13-14-23(28-2)21-12-5-4-11-20(21)22/h4-5,8-14,17H,3,6-7,15-16H2,1-2H3,(H,26,27). The van der Waals surface area contributed by atoms with Crippen molar-refractivity contribution >= 4 is 22.4 Å². The summed E-state index contributed by atoms with van der Waals surface area (Å²) in [6.07, 6.45) is 5.18. The molecule has 4 rings (SSSR count). The first-order valence-electron chi connectivity index (χ1n) is 10.1. The molecule has 3 heteroatoms.